The van der Waals surface area contributed by atoms with Crippen molar-refractivity contribution in [3.8, 4) is 0 Å². The van der Waals surface area contributed by atoms with Gasteiger partial charge in [0.15, 0.2) is 0 Å². The van der Waals surface area contributed by atoms with E-state index in [9.17, 15) is 21.6 Å². The lowest BCUT2D eigenvalue weighted by molar-refractivity contribution is -0.135. The molecule has 1 rings (SSSR count). The molecule has 0 aliphatic heterocycles. The van der Waals surface area contributed by atoms with Crippen molar-refractivity contribution >= 4 is 21.4 Å². The second-order valence-electron chi connectivity index (χ2n) is 4.39. The van der Waals surface area contributed by atoms with Crippen LogP contribution in [0.4, 0.5) is 13.2 Å². The van der Waals surface area contributed by atoms with Crippen LogP contribution in [-0.2, 0) is 16.6 Å². The van der Waals surface area contributed by atoms with Crippen LogP contribution < -0.4 is 5.32 Å². The first-order valence-corrected chi connectivity index (χ1v) is 8.16. The molecule has 1 aromatic rings. The van der Waals surface area contributed by atoms with Crippen LogP contribution in [0.5, 0.6) is 0 Å². The average Bonchev–Trinajstić information content (AvgIpc) is 2.67. The summed E-state index contributed by atoms with van der Waals surface area (Å²) in [5, 5.41) is 4.54. The number of sulfonamides is 1. The minimum Gasteiger partial charge on any atom is -0.315 e. The SMILES string of the molecule is CNCc1scc(C)c1S(=O)(=O)N(C)CCC(F)(F)F. The first-order chi connectivity index (χ1) is 9.09. The quantitative estimate of drug-likeness (QED) is 0.871. The largest absolute Gasteiger partial charge is 0.390 e. The summed E-state index contributed by atoms with van der Waals surface area (Å²) in [6.07, 6.45) is -5.53. The van der Waals surface area contributed by atoms with Crippen LogP contribution in [-0.4, -0.2) is 39.5 Å². The monoisotopic (exact) mass is 330 g/mol. The van der Waals surface area contributed by atoms with Crippen LogP contribution >= 0.6 is 11.3 Å². The molecule has 9 heteroatoms. The van der Waals surface area contributed by atoms with E-state index in [2.05, 4.69) is 5.32 Å². The van der Waals surface area contributed by atoms with Gasteiger partial charge in [-0.05, 0) is 24.9 Å². The predicted octanol–water partition coefficient (Wildman–Crippen LogP) is 2.35. The maximum Gasteiger partial charge on any atom is 0.390 e. The zero-order valence-corrected chi connectivity index (χ0v) is 13.0. The normalized spacial score (nSPS) is 13.2. The summed E-state index contributed by atoms with van der Waals surface area (Å²) in [5.74, 6) is 0. The van der Waals surface area contributed by atoms with Crippen LogP contribution in [0.3, 0.4) is 0 Å². The van der Waals surface area contributed by atoms with Gasteiger partial charge in [0, 0.05) is 25.0 Å². The van der Waals surface area contributed by atoms with Gasteiger partial charge in [0.25, 0.3) is 0 Å². The zero-order valence-electron chi connectivity index (χ0n) is 11.4. The number of nitrogens with one attached hydrogen (secondary N) is 1. The van der Waals surface area contributed by atoms with Gasteiger partial charge in [-0.25, -0.2) is 12.7 Å². The molecule has 0 radical (unpaired) electrons. The van der Waals surface area contributed by atoms with E-state index in [1.165, 1.54) is 18.4 Å². The maximum atomic E-state index is 12.4. The highest BCUT2D eigenvalue weighted by molar-refractivity contribution is 7.89. The van der Waals surface area contributed by atoms with Gasteiger partial charge in [-0.1, -0.05) is 0 Å². The van der Waals surface area contributed by atoms with E-state index >= 15 is 0 Å². The van der Waals surface area contributed by atoms with E-state index in [-0.39, 0.29) is 4.90 Å². The number of rotatable bonds is 6. The van der Waals surface area contributed by atoms with Gasteiger partial charge in [-0.2, -0.15) is 13.2 Å². The summed E-state index contributed by atoms with van der Waals surface area (Å²) in [6.45, 7) is 1.42. The Morgan fingerprint density at radius 3 is 2.50 bits per heavy atom. The van der Waals surface area contributed by atoms with Gasteiger partial charge in [-0.3, -0.25) is 0 Å². The van der Waals surface area contributed by atoms with Crippen LogP contribution in [0.25, 0.3) is 0 Å². The van der Waals surface area contributed by atoms with Crippen molar-refractivity contribution in [2.75, 3.05) is 20.6 Å². The van der Waals surface area contributed by atoms with E-state index in [1.54, 1.807) is 19.4 Å². The number of hydrogen-bond acceptors (Lipinski definition) is 4. The molecule has 0 spiro atoms. The predicted molar refractivity (Wildman–Crippen MR) is 72.3 cm³/mol. The Morgan fingerprint density at radius 2 is 2.00 bits per heavy atom. The molecular formula is C11H17F3N2O2S2. The highest BCUT2D eigenvalue weighted by Gasteiger charge is 2.32. The van der Waals surface area contributed by atoms with Crippen molar-refractivity contribution in [2.24, 2.45) is 0 Å². The minimum atomic E-state index is -4.37. The van der Waals surface area contributed by atoms with Gasteiger partial charge < -0.3 is 5.32 Å². The van der Waals surface area contributed by atoms with E-state index in [0.717, 1.165) is 4.31 Å². The molecule has 0 bridgehead atoms. The number of aryl methyl sites for hydroxylation is 1. The van der Waals surface area contributed by atoms with Crippen molar-refractivity contribution in [3.63, 3.8) is 0 Å². The Bertz CT molecular complexity index is 553. The van der Waals surface area contributed by atoms with Gasteiger partial charge in [0.2, 0.25) is 10.0 Å². The Kier molecular flexibility index (Phi) is 5.59. The summed E-state index contributed by atoms with van der Waals surface area (Å²) >= 11 is 1.28. The van der Waals surface area contributed by atoms with Crippen LogP contribution in [0.2, 0.25) is 0 Å². The molecule has 4 nitrogen and oxygen atoms in total. The van der Waals surface area contributed by atoms with Crippen LogP contribution in [0.1, 0.15) is 16.9 Å². The fourth-order valence-corrected chi connectivity index (χ4v) is 4.61. The van der Waals surface area contributed by atoms with Gasteiger partial charge in [0.05, 0.1) is 6.42 Å². The van der Waals surface area contributed by atoms with E-state index in [0.29, 0.717) is 17.0 Å². The standard InChI is InChI=1S/C11H17F3N2O2S2/c1-8-7-19-9(6-15-2)10(8)20(17,18)16(3)5-4-11(12,13)14/h7,15H,4-6H2,1-3H3. The Morgan fingerprint density at radius 1 is 1.40 bits per heavy atom. The third-order valence-electron chi connectivity index (χ3n) is 2.71. The number of hydrogen-bond donors (Lipinski definition) is 1. The smallest absolute Gasteiger partial charge is 0.315 e. The summed E-state index contributed by atoms with van der Waals surface area (Å²) < 4.78 is 62.1. The molecule has 0 saturated heterocycles. The summed E-state index contributed by atoms with van der Waals surface area (Å²) in [4.78, 5) is 0.713. The molecule has 116 valence electrons. The Balaban J connectivity index is 3.01. The summed E-state index contributed by atoms with van der Waals surface area (Å²) in [7, 11) is -1.05. The van der Waals surface area contributed by atoms with E-state index < -0.39 is 29.2 Å². The number of alkyl halides is 3. The molecule has 0 aliphatic rings. The van der Waals surface area contributed by atoms with Crippen LogP contribution in [0.15, 0.2) is 10.3 Å². The second-order valence-corrected chi connectivity index (χ2v) is 7.34. The lowest BCUT2D eigenvalue weighted by Crippen LogP contribution is -2.31. The maximum absolute atomic E-state index is 12.4. The first-order valence-electron chi connectivity index (χ1n) is 5.84. The zero-order chi connectivity index (χ0) is 15.6. The molecular weight excluding hydrogens is 313 g/mol. The molecule has 0 unspecified atom stereocenters. The van der Waals surface area contributed by atoms with E-state index in [4.69, 9.17) is 0 Å². The van der Waals surface area contributed by atoms with Crippen molar-refractivity contribution in [1.29, 1.82) is 0 Å². The van der Waals surface area contributed by atoms with Crippen molar-refractivity contribution in [1.82, 2.24) is 9.62 Å². The molecule has 1 heterocycles. The van der Waals surface area contributed by atoms with Crippen molar-refractivity contribution < 1.29 is 21.6 Å². The number of thiophene rings is 1. The number of nitrogens with zero attached hydrogens (tertiary/aromatic N) is 1. The summed E-state index contributed by atoms with van der Waals surface area (Å²) in [5.41, 5.74) is 0.555. The summed E-state index contributed by atoms with van der Waals surface area (Å²) in [6, 6.07) is 0. The number of halogens is 3. The van der Waals surface area contributed by atoms with Crippen molar-refractivity contribution in [3.05, 3.63) is 15.8 Å². The topological polar surface area (TPSA) is 49.4 Å². The molecule has 0 fully saturated rings. The Labute approximate surface area is 120 Å². The first kappa shape index (κ1) is 17.4. The van der Waals surface area contributed by atoms with Gasteiger partial charge >= 0.3 is 6.18 Å². The molecule has 0 aromatic carbocycles. The lowest BCUT2D eigenvalue weighted by atomic mass is 10.3. The third kappa shape index (κ3) is 4.18. The third-order valence-corrected chi connectivity index (χ3v) is 6.03. The molecule has 0 amide bonds. The fraction of sp³-hybridized carbons (Fsp3) is 0.636. The van der Waals surface area contributed by atoms with E-state index in [1.807, 2.05) is 0 Å². The molecule has 0 saturated carbocycles. The second kappa shape index (κ2) is 6.42. The van der Waals surface area contributed by atoms with Crippen LogP contribution in [0, 0.1) is 6.92 Å². The fourth-order valence-electron chi connectivity index (χ4n) is 1.68. The highest BCUT2D eigenvalue weighted by Crippen LogP contribution is 2.30. The highest BCUT2D eigenvalue weighted by atomic mass is 32.2. The van der Waals surface area contributed by atoms with Crippen molar-refractivity contribution in [2.45, 2.75) is 31.0 Å². The minimum absolute atomic E-state index is 0.113. The molecule has 20 heavy (non-hydrogen) atoms. The molecule has 0 aliphatic carbocycles. The molecule has 0 atom stereocenters. The average molecular weight is 330 g/mol. The molecule has 1 N–H and O–H groups in total. The molecule has 1 aromatic heterocycles. The lowest BCUT2D eigenvalue weighted by Gasteiger charge is -2.19. The van der Waals surface area contributed by atoms with Gasteiger partial charge in [0.1, 0.15) is 4.90 Å². The Hall–Kier alpha value is -0.640. The van der Waals surface area contributed by atoms with Gasteiger partial charge in [-0.15, -0.1) is 11.3 Å².